The molecule has 3 aromatic rings. The second-order valence-corrected chi connectivity index (χ2v) is 6.97. The van der Waals surface area contributed by atoms with Crippen molar-refractivity contribution in [1.82, 2.24) is 25.0 Å². The zero-order valence-corrected chi connectivity index (χ0v) is 15.3. The maximum Gasteiger partial charge on any atom is 0.344 e. The molecule has 2 aromatic heterocycles. The molecule has 1 amide bonds. The number of amides is 1. The maximum atomic E-state index is 11.6. The van der Waals surface area contributed by atoms with Crippen molar-refractivity contribution >= 4 is 44.5 Å². The van der Waals surface area contributed by atoms with Crippen LogP contribution >= 0.6 is 15.9 Å². The monoisotopic (exact) mass is 421 g/mol. The van der Waals surface area contributed by atoms with Gasteiger partial charge in [0.05, 0.1) is 18.6 Å². The Morgan fingerprint density at radius 3 is 2.72 bits per heavy atom. The lowest BCUT2D eigenvalue weighted by Crippen LogP contribution is -2.17. The van der Waals surface area contributed by atoms with E-state index < -0.39 is 17.1 Å². The summed E-state index contributed by atoms with van der Waals surface area (Å²) in [5.41, 5.74) is 6.75. The molecular formula is C14H12BrN7O2S. The molecule has 1 unspecified atom stereocenters. The third kappa shape index (κ3) is 3.78. The van der Waals surface area contributed by atoms with Crippen LogP contribution in [0, 0.1) is 0 Å². The highest BCUT2D eigenvalue weighted by Crippen LogP contribution is 2.26. The van der Waals surface area contributed by atoms with Gasteiger partial charge in [-0.2, -0.15) is 25.0 Å². The number of halogens is 1. The summed E-state index contributed by atoms with van der Waals surface area (Å²) in [6.07, 6.45) is 5.82. The molecule has 0 aliphatic heterocycles. The van der Waals surface area contributed by atoms with Crippen molar-refractivity contribution in [3.8, 4) is 5.69 Å². The molecule has 9 nitrogen and oxygen atoms in total. The van der Waals surface area contributed by atoms with Gasteiger partial charge < -0.3 is 15.6 Å². The lowest BCUT2D eigenvalue weighted by Gasteiger charge is -2.12. The van der Waals surface area contributed by atoms with Gasteiger partial charge >= 0.3 is 5.16 Å². The van der Waals surface area contributed by atoms with Gasteiger partial charge in [0.15, 0.2) is 5.82 Å². The minimum Gasteiger partial charge on any atom is -0.609 e. The van der Waals surface area contributed by atoms with E-state index in [1.807, 2.05) is 0 Å². The van der Waals surface area contributed by atoms with Gasteiger partial charge in [-0.15, -0.1) is 0 Å². The van der Waals surface area contributed by atoms with E-state index in [-0.39, 0.29) is 16.5 Å². The Morgan fingerprint density at radius 1 is 1.36 bits per heavy atom. The molecule has 0 aliphatic rings. The highest BCUT2D eigenvalue weighted by atomic mass is 79.9. The summed E-state index contributed by atoms with van der Waals surface area (Å²) in [6, 6.07) is 5.33. The lowest BCUT2D eigenvalue weighted by atomic mass is 10.2. The smallest absolute Gasteiger partial charge is 0.344 e. The molecule has 128 valence electrons. The number of nitrogens with zero attached hydrogens (tertiary/aromatic N) is 5. The van der Waals surface area contributed by atoms with Crippen LogP contribution in [-0.2, 0) is 11.2 Å². The number of benzene rings is 1. The molecule has 3 rings (SSSR count). The molecule has 0 spiro atoms. The largest absolute Gasteiger partial charge is 0.609 e. The van der Waals surface area contributed by atoms with E-state index in [2.05, 4.69) is 41.4 Å². The second-order valence-electron chi connectivity index (χ2n) is 4.84. The average Bonchev–Trinajstić information content (AvgIpc) is 3.10. The number of carbonyl (C=O) groups excluding carboxylic acids is 1. The molecule has 0 saturated carbocycles. The summed E-state index contributed by atoms with van der Waals surface area (Å²) in [5.74, 6) is -0.517. The van der Waals surface area contributed by atoms with E-state index in [9.17, 15) is 9.35 Å². The summed E-state index contributed by atoms with van der Waals surface area (Å²) in [7, 11) is 0. The van der Waals surface area contributed by atoms with E-state index in [0.717, 1.165) is 4.47 Å². The molecule has 1 aromatic carbocycles. The molecule has 25 heavy (non-hydrogen) atoms. The van der Waals surface area contributed by atoms with Crippen molar-refractivity contribution in [2.24, 2.45) is 5.73 Å². The highest BCUT2D eigenvalue weighted by molar-refractivity contribution is 9.10. The lowest BCUT2D eigenvalue weighted by molar-refractivity contribution is 0.1000. The number of primary amides is 1. The van der Waals surface area contributed by atoms with Crippen molar-refractivity contribution in [3.05, 3.63) is 46.8 Å². The summed E-state index contributed by atoms with van der Waals surface area (Å²) in [6.45, 7) is 0. The number of carbonyl (C=O) groups is 1. The number of nitrogens with two attached hydrogens (primary N) is 1. The second kappa shape index (κ2) is 7.17. The topological polar surface area (TPSA) is 135 Å². The average molecular weight is 422 g/mol. The molecule has 0 aliphatic carbocycles. The van der Waals surface area contributed by atoms with Crippen molar-refractivity contribution in [2.75, 3.05) is 11.6 Å². The Labute approximate surface area is 154 Å². The fourth-order valence-electron chi connectivity index (χ4n) is 2.00. The van der Waals surface area contributed by atoms with Gasteiger partial charge in [0, 0.05) is 21.3 Å². The molecule has 1 atom stereocenters. The number of rotatable bonds is 5. The minimum atomic E-state index is -1.40. The Morgan fingerprint density at radius 2 is 2.08 bits per heavy atom. The normalized spacial score (nSPS) is 12.0. The van der Waals surface area contributed by atoms with Gasteiger partial charge in [-0.3, -0.25) is 4.79 Å². The molecular weight excluding hydrogens is 410 g/mol. The van der Waals surface area contributed by atoms with E-state index in [1.54, 1.807) is 30.6 Å². The zero-order valence-electron chi connectivity index (χ0n) is 12.9. The number of nitrogens with one attached hydrogen (secondary N) is 1. The first-order valence-corrected chi connectivity index (χ1v) is 9.24. The maximum absolute atomic E-state index is 11.6. The van der Waals surface area contributed by atoms with Gasteiger partial charge in [-0.1, -0.05) is 0 Å². The van der Waals surface area contributed by atoms with Crippen LogP contribution in [0.3, 0.4) is 0 Å². The van der Waals surface area contributed by atoms with E-state index >= 15 is 0 Å². The van der Waals surface area contributed by atoms with Gasteiger partial charge in [0.1, 0.15) is 17.5 Å². The van der Waals surface area contributed by atoms with Crippen LogP contribution in [0.5, 0.6) is 0 Å². The molecule has 2 heterocycles. The van der Waals surface area contributed by atoms with Crippen molar-refractivity contribution in [1.29, 1.82) is 0 Å². The van der Waals surface area contributed by atoms with E-state index in [4.69, 9.17) is 5.73 Å². The first-order chi connectivity index (χ1) is 12.0. The van der Waals surface area contributed by atoms with Crippen molar-refractivity contribution < 1.29 is 9.35 Å². The van der Waals surface area contributed by atoms with Gasteiger partial charge in [-0.05, 0) is 34.1 Å². The molecule has 0 bridgehead atoms. The highest BCUT2D eigenvalue weighted by Gasteiger charge is 2.17. The zero-order chi connectivity index (χ0) is 18.0. The predicted molar refractivity (Wildman–Crippen MR) is 95.2 cm³/mol. The Hall–Kier alpha value is -2.50. The molecule has 0 fully saturated rings. The van der Waals surface area contributed by atoms with Crippen LogP contribution in [0.1, 0.15) is 10.4 Å². The van der Waals surface area contributed by atoms with Gasteiger partial charge in [0.25, 0.3) is 5.91 Å². The van der Waals surface area contributed by atoms with Crippen LogP contribution in [0.4, 0.5) is 11.5 Å². The van der Waals surface area contributed by atoms with Crippen LogP contribution in [-0.4, -0.2) is 41.7 Å². The fraction of sp³-hybridized carbons (Fsp3) is 0.0714. The summed E-state index contributed by atoms with van der Waals surface area (Å²) >= 11 is 2.04. The van der Waals surface area contributed by atoms with Crippen LogP contribution in [0.25, 0.3) is 5.69 Å². The predicted octanol–water partition coefficient (Wildman–Crippen LogP) is 1.40. The SMILES string of the molecule is C[S+]([O-])c1ncc(C(N)=O)c(Nc2ccc(Br)c(-n3nccn3)c2)n1. The van der Waals surface area contributed by atoms with E-state index in [1.165, 1.54) is 17.2 Å². The van der Waals surface area contributed by atoms with Crippen LogP contribution < -0.4 is 11.1 Å². The quantitative estimate of drug-likeness (QED) is 0.469. The first kappa shape index (κ1) is 17.3. The minimum absolute atomic E-state index is 0.0934. The first-order valence-electron chi connectivity index (χ1n) is 6.89. The number of hydrogen-bond acceptors (Lipinski definition) is 7. The Bertz CT molecular complexity index is 918. The molecule has 0 saturated heterocycles. The number of anilines is 2. The molecule has 0 radical (unpaired) electrons. The van der Waals surface area contributed by atoms with Crippen LogP contribution in [0.2, 0.25) is 0 Å². The van der Waals surface area contributed by atoms with Crippen molar-refractivity contribution in [3.63, 3.8) is 0 Å². The number of aromatic nitrogens is 5. The third-order valence-corrected chi connectivity index (χ3v) is 4.51. The van der Waals surface area contributed by atoms with Crippen LogP contribution in [0.15, 0.2) is 46.4 Å². The molecule has 3 N–H and O–H groups in total. The third-order valence-electron chi connectivity index (χ3n) is 3.13. The molecule has 11 heteroatoms. The van der Waals surface area contributed by atoms with Gasteiger partial charge in [0.2, 0.25) is 0 Å². The Balaban J connectivity index is 2.01. The Kier molecular flexibility index (Phi) is 4.97. The standard InChI is InChI=1S/C14H12BrN7O2S/c1-25(24)14-17-7-9(12(16)23)13(21-14)20-8-2-3-10(15)11(6-8)22-18-4-5-19-22/h2-7H,1H3,(H2,16,23)(H,17,20,21). The van der Waals surface area contributed by atoms with Crippen molar-refractivity contribution in [2.45, 2.75) is 5.16 Å². The summed E-state index contributed by atoms with van der Waals surface area (Å²) in [4.78, 5) is 21.1. The fourth-order valence-corrected chi connectivity index (χ4v) is 2.83. The summed E-state index contributed by atoms with van der Waals surface area (Å²) in [5, 5.41) is 11.3. The van der Waals surface area contributed by atoms with E-state index in [0.29, 0.717) is 11.4 Å². The number of hydrogen-bond donors (Lipinski definition) is 2. The summed E-state index contributed by atoms with van der Waals surface area (Å²) < 4.78 is 12.4. The van der Waals surface area contributed by atoms with Gasteiger partial charge in [-0.25, -0.2) is 0 Å².